The van der Waals surface area contributed by atoms with Crippen LogP contribution in [-0.2, 0) is 25.1 Å². The van der Waals surface area contributed by atoms with Gasteiger partial charge in [-0.2, -0.15) is 0 Å². The number of nitrogens with two attached hydrogens (primary N) is 1. The minimum atomic E-state index is -3.95. The summed E-state index contributed by atoms with van der Waals surface area (Å²) < 4.78 is 27.0. The molecule has 1 aliphatic carbocycles. The van der Waals surface area contributed by atoms with Crippen LogP contribution in [0.5, 0.6) is 11.5 Å². The monoisotopic (exact) mass is 883 g/mol. The van der Waals surface area contributed by atoms with E-state index in [2.05, 4.69) is 11.4 Å². The number of fused-ring (bicyclic) bond motifs is 3. The number of ether oxygens (including phenoxy) is 2. The molecule has 332 valence electrons. The molecule has 4 heterocycles. The molecule has 0 radical (unpaired) electrons. The van der Waals surface area contributed by atoms with E-state index in [1.165, 1.54) is 11.3 Å². The highest BCUT2D eigenvalue weighted by Crippen LogP contribution is 2.74. The molecule has 4 aromatic rings. The molecule has 7 rings (SSSR count). The van der Waals surface area contributed by atoms with Crippen molar-refractivity contribution in [3.63, 3.8) is 0 Å². The Kier molecular flexibility index (Phi) is 13.8. The zero-order valence-electron chi connectivity index (χ0n) is 36.8. The van der Waals surface area contributed by atoms with Crippen molar-refractivity contribution in [1.29, 1.82) is 0 Å². The smallest absolute Gasteiger partial charge is 0.226 e. The van der Waals surface area contributed by atoms with E-state index in [1.54, 1.807) is 12.0 Å². The van der Waals surface area contributed by atoms with Crippen LogP contribution in [0, 0.1) is 17.3 Å². The maximum absolute atomic E-state index is 15.0. The summed E-state index contributed by atoms with van der Waals surface area (Å²) in [6.45, 7) is 9.93. The van der Waals surface area contributed by atoms with Gasteiger partial charge in [0.2, 0.25) is 13.3 Å². The van der Waals surface area contributed by atoms with Gasteiger partial charge in [0.15, 0.2) is 16.7 Å². The lowest BCUT2D eigenvalue weighted by molar-refractivity contribution is -0.143. The molecule has 12 nitrogen and oxygen atoms in total. The van der Waals surface area contributed by atoms with Crippen molar-refractivity contribution in [3.05, 3.63) is 77.7 Å². The molecule has 2 unspecified atom stereocenters. The van der Waals surface area contributed by atoms with Crippen LogP contribution in [0.3, 0.4) is 0 Å². The average molecular weight is 884 g/mol. The molecule has 1 saturated carbocycles. The average Bonchev–Trinajstić information content (AvgIpc) is 3.50. The zero-order valence-corrected chi connectivity index (χ0v) is 38.6. The lowest BCUT2D eigenvalue weighted by Gasteiger charge is -2.31. The molecule has 62 heavy (non-hydrogen) atoms. The van der Waals surface area contributed by atoms with Gasteiger partial charge < -0.3 is 30.3 Å². The van der Waals surface area contributed by atoms with Crippen LogP contribution in [0.25, 0.3) is 22.3 Å². The normalized spacial score (nSPS) is 25.5. The second-order valence-electron chi connectivity index (χ2n) is 18.9. The topological polar surface area (TPSA) is 174 Å². The highest BCUT2D eigenvalue weighted by atomic mass is 32.1. The van der Waals surface area contributed by atoms with Gasteiger partial charge in [-0.25, -0.2) is 9.97 Å². The van der Waals surface area contributed by atoms with Gasteiger partial charge >= 0.3 is 0 Å². The first kappa shape index (κ1) is 45.6. The van der Waals surface area contributed by atoms with Gasteiger partial charge in [-0.3, -0.25) is 18.9 Å². The van der Waals surface area contributed by atoms with Crippen LogP contribution in [0.4, 0.5) is 5.13 Å². The summed E-state index contributed by atoms with van der Waals surface area (Å²) >= 11 is 1.48. The number of anilines is 1. The highest BCUT2D eigenvalue weighted by molar-refractivity contribution is 7.59. The molecule has 0 bridgehead atoms. The highest BCUT2D eigenvalue weighted by Gasteiger charge is 2.65. The summed E-state index contributed by atoms with van der Waals surface area (Å²) in [5.74, 6) is -0.527. The molecular weight excluding hydrogens is 822 g/mol. The number of pyridine rings is 1. The lowest BCUT2D eigenvalue weighted by Crippen LogP contribution is -2.47. The van der Waals surface area contributed by atoms with Crippen LogP contribution in [0.15, 0.2) is 72.1 Å². The molecule has 2 aliphatic heterocycles. The van der Waals surface area contributed by atoms with Crippen molar-refractivity contribution in [2.24, 2.45) is 23.0 Å². The number of nitrogens with one attached hydrogen (secondary N) is 1. The Morgan fingerprint density at radius 2 is 1.85 bits per heavy atom. The summed E-state index contributed by atoms with van der Waals surface area (Å²) in [6.07, 6.45) is 7.56. The maximum Gasteiger partial charge on any atom is 0.226 e. The number of Topliss-reactive ketones (excluding diaryl/α,β-unsaturated/α-hetero) is 2. The van der Waals surface area contributed by atoms with E-state index in [9.17, 15) is 23.8 Å². The molecular formula is C48H62N5O7PS. The SMILES string of the molecule is COc1ccc2c(O[C@@H]3C[C@H]4C(=O)C[C@]5(P(=O)(O)Cc6ccccc6)C[C@H]5/C=C\CCCCCC(CC(=O)[C@@H](N)C(C)(C)C)C(=O)N4C3)cc(-c3csc(NC(C)C)n3)nc2c1. The second-order valence-corrected chi connectivity index (χ2v) is 22.4. The number of hydrogen-bond donors (Lipinski definition) is 3. The van der Waals surface area contributed by atoms with Gasteiger partial charge in [0.05, 0.1) is 48.3 Å². The van der Waals surface area contributed by atoms with E-state index < -0.39 is 42.0 Å². The van der Waals surface area contributed by atoms with Crippen molar-refractivity contribution in [3.8, 4) is 22.9 Å². The van der Waals surface area contributed by atoms with Crippen molar-refractivity contribution >= 4 is 52.2 Å². The summed E-state index contributed by atoms with van der Waals surface area (Å²) in [6, 6.07) is 15.2. The molecule has 1 amide bonds. The van der Waals surface area contributed by atoms with Gasteiger partial charge in [0.1, 0.15) is 23.3 Å². The lowest BCUT2D eigenvalue weighted by atomic mass is 9.81. The van der Waals surface area contributed by atoms with E-state index in [-0.39, 0.29) is 61.4 Å². The van der Waals surface area contributed by atoms with E-state index in [4.69, 9.17) is 25.2 Å². The van der Waals surface area contributed by atoms with E-state index in [0.29, 0.717) is 41.2 Å². The summed E-state index contributed by atoms with van der Waals surface area (Å²) in [5.41, 5.74) is 8.60. The molecule has 1 saturated heterocycles. The Balaban J connectivity index is 1.25. The number of rotatable bonds is 12. The Morgan fingerprint density at radius 1 is 1.08 bits per heavy atom. The summed E-state index contributed by atoms with van der Waals surface area (Å²) in [4.78, 5) is 67.0. The van der Waals surface area contributed by atoms with Gasteiger partial charge in [-0.1, -0.05) is 76.1 Å². The van der Waals surface area contributed by atoms with Gasteiger partial charge in [0, 0.05) is 54.1 Å². The fourth-order valence-electron chi connectivity index (χ4n) is 9.04. The molecule has 2 fully saturated rings. The third-order valence-corrected chi connectivity index (χ3v) is 16.4. The van der Waals surface area contributed by atoms with E-state index >= 15 is 0 Å². The second kappa shape index (κ2) is 18.7. The number of nitrogens with zero attached hydrogens (tertiary/aromatic N) is 3. The predicted molar refractivity (Wildman–Crippen MR) is 246 cm³/mol. The van der Waals surface area contributed by atoms with Crippen molar-refractivity contribution in [1.82, 2.24) is 14.9 Å². The first-order valence-electron chi connectivity index (χ1n) is 22.0. The number of hydrogen-bond acceptors (Lipinski definition) is 11. The largest absolute Gasteiger partial charge is 0.497 e. The van der Waals surface area contributed by atoms with Crippen LogP contribution in [0.2, 0.25) is 0 Å². The fraction of sp³-hybridized carbons (Fsp3) is 0.521. The molecule has 3 aliphatic rings. The van der Waals surface area contributed by atoms with Crippen molar-refractivity contribution in [2.75, 3.05) is 19.0 Å². The minimum absolute atomic E-state index is 0.0312. The Bertz CT molecular complexity index is 2340. The quantitative estimate of drug-likeness (QED) is 0.0914. The molecule has 2 aromatic carbocycles. The van der Waals surface area contributed by atoms with Gasteiger partial charge in [-0.05, 0) is 68.6 Å². The van der Waals surface area contributed by atoms with Gasteiger partial charge in [0.25, 0.3) is 0 Å². The molecule has 2 aromatic heterocycles. The minimum Gasteiger partial charge on any atom is -0.497 e. The third kappa shape index (κ3) is 10.2. The Hall–Kier alpha value is -4.42. The Labute approximate surface area is 369 Å². The number of ketones is 2. The zero-order chi connectivity index (χ0) is 44.4. The summed E-state index contributed by atoms with van der Waals surface area (Å²) in [5, 5.41) is 5.63. The van der Waals surface area contributed by atoms with Crippen LogP contribution >= 0.6 is 18.7 Å². The maximum atomic E-state index is 15.0. The van der Waals surface area contributed by atoms with E-state index in [0.717, 1.165) is 41.8 Å². The number of amides is 1. The molecule has 4 N–H and O–H groups in total. The van der Waals surface area contributed by atoms with E-state index in [1.807, 2.05) is 101 Å². The first-order valence-corrected chi connectivity index (χ1v) is 24.7. The van der Waals surface area contributed by atoms with Crippen LogP contribution < -0.4 is 20.5 Å². The fourth-order valence-corrected chi connectivity index (χ4v) is 12.4. The van der Waals surface area contributed by atoms with Crippen molar-refractivity contribution in [2.45, 2.75) is 128 Å². The van der Waals surface area contributed by atoms with Crippen LogP contribution in [0.1, 0.15) is 98.0 Å². The Morgan fingerprint density at radius 3 is 2.58 bits per heavy atom. The molecule has 14 heteroatoms. The standard InChI is InChI=1S/C48H62N5O7PS/c1-30(2)50-46-52-39(29-62-46)38-24-43(36-20-19-34(59-6)22-37(36)51-38)60-35-23-40-42(55)26-48(61(57,58)28-31-15-11-10-12-16-31)25-33(48)18-14-9-7-8-13-17-32(45(56)53(40)27-35)21-41(54)44(49)47(3,4)5/h10-12,14-16,18-20,22,24,29-30,32-33,35,40,44H,7-9,13,17,21,23,25-28,49H2,1-6H3,(H,50,52)(H,57,58)/b18-14-/t32?,33-,35-,40+,44-,48-/m1/s1. The number of carbonyl (C=O) groups is 3. The number of aromatic nitrogens is 2. The predicted octanol–water partition coefficient (Wildman–Crippen LogP) is 9.19. The van der Waals surface area contributed by atoms with Gasteiger partial charge in [-0.15, -0.1) is 11.3 Å². The van der Waals surface area contributed by atoms with Crippen molar-refractivity contribution < 1.29 is 33.3 Å². The third-order valence-electron chi connectivity index (χ3n) is 12.8. The molecule has 0 spiro atoms. The number of carbonyl (C=O) groups excluding carboxylic acids is 3. The summed E-state index contributed by atoms with van der Waals surface area (Å²) in [7, 11) is -2.35. The number of benzene rings is 2. The number of methoxy groups -OCH3 is 1. The number of allylic oxidation sites excluding steroid dienone is 2. The molecule has 7 atom stereocenters. The first-order chi connectivity index (χ1) is 29.5. The number of thiazole rings is 1. The van der Waals surface area contributed by atoms with Crippen LogP contribution in [-0.4, -0.2) is 80.3 Å².